The third kappa shape index (κ3) is 6.48. The van der Waals surface area contributed by atoms with Crippen LogP contribution in [0.4, 0.5) is 0 Å². The minimum atomic E-state index is -3.22. The van der Waals surface area contributed by atoms with Crippen LogP contribution in [0, 0.1) is 5.41 Å². The molecule has 2 aliphatic rings. The van der Waals surface area contributed by atoms with Crippen molar-refractivity contribution in [2.24, 2.45) is 5.41 Å². The first kappa shape index (κ1) is 28.3. The molecule has 1 heterocycles. The molecular weight excluding hydrogens is 487 g/mol. The van der Waals surface area contributed by atoms with Crippen molar-refractivity contribution in [1.29, 1.82) is 0 Å². The number of ether oxygens (including phenoxy) is 2. The van der Waals surface area contributed by atoms with Gasteiger partial charge in [0, 0.05) is 10.6 Å². The van der Waals surface area contributed by atoms with E-state index in [9.17, 15) is 0 Å². The van der Waals surface area contributed by atoms with Gasteiger partial charge in [0.1, 0.15) is 0 Å². The molecular formula is C34H41O3P. The minimum Gasteiger partial charge on any atom is -0.347 e. The fourth-order valence-electron chi connectivity index (χ4n) is 5.52. The average molecular weight is 529 g/mol. The number of hydrogen-bond acceptors (Lipinski definition) is 3. The zero-order valence-electron chi connectivity index (χ0n) is 23.5. The standard InChI is InChI=1S/C34H41O3P/c1-26(18-20-31-27(2)13-12-22-34(31,4)5)19-21-32(28(3)25-33-36-23-24-37-33)38(35,29-14-8-6-9-15-29)30-16-10-7-11-17-30/h6-11,14-19,25,33H,12-13,20,22-24H2,1-5H3/b26-18+,28-25+. The van der Waals surface area contributed by atoms with Crippen molar-refractivity contribution in [3.05, 3.63) is 112 Å². The molecule has 0 bridgehead atoms. The molecule has 0 spiro atoms. The van der Waals surface area contributed by atoms with Crippen LogP contribution in [0.15, 0.2) is 112 Å². The Labute approximate surface area is 229 Å². The minimum absolute atomic E-state index is 0.237. The van der Waals surface area contributed by atoms with Gasteiger partial charge in [-0.25, -0.2) is 0 Å². The van der Waals surface area contributed by atoms with E-state index >= 15 is 4.57 Å². The van der Waals surface area contributed by atoms with Crippen LogP contribution in [0.5, 0.6) is 0 Å². The lowest BCUT2D eigenvalue weighted by atomic mass is 9.71. The Hall–Kier alpha value is -2.67. The predicted molar refractivity (Wildman–Crippen MR) is 160 cm³/mol. The van der Waals surface area contributed by atoms with Gasteiger partial charge in [0.25, 0.3) is 0 Å². The topological polar surface area (TPSA) is 35.5 Å². The molecule has 1 fully saturated rings. The quantitative estimate of drug-likeness (QED) is 0.150. The molecule has 2 aromatic rings. The lowest BCUT2D eigenvalue weighted by Gasteiger charge is -2.34. The molecule has 0 unspecified atom stereocenters. The van der Waals surface area contributed by atoms with E-state index in [1.54, 1.807) is 5.57 Å². The summed E-state index contributed by atoms with van der Waals surface area (Å²) in [7, 11) is -3.22. The van der Waals surface area contributed by atoms with E-state index in [-0.39, 0.29) is 5.41 Å². The van der Waals surface area contributed by atoms with Crippen LogP contribution in [0.3, 0.4) is 0 Å². The van der Waals surface area contributed by atoms with Crippen LogP contribution in [0.25, 0.3) is 0 Å². The molecule has 0 radical (unpaired) electrons. The van der Waals surface area contributed by atoms with Gasteiger partial charge in [0.05, 0.1) is 18.5 Å². The Kier molecular flexibility index (Phi) is 9.29. The summed E-state index contributed by atoms with van der Waals surface area (Å²) < 4.78 is 26.6. The van der Waals surface area contributed by atoms with E-state index in [2.05, 4.69) is 39.5 Å². The van der Waals surface area contributed by atoms with Crippen LogP contribution in [0.1, 0.15) is 60.3 Å². The van der Waals surface area contributed by atoms with Crippen molar-refractivity contribution in [2.75, 3.05) is 13.2 Å². The van der Waals surface area contributed by atoms with Crippen LogP contribution < -0.4 is 10.6 Å². The Morgan fingerprint density at radius 3 is 2.13 bits per heavy atom. The monoisotopic (exact) mass is 528 g/mol. The van der Waals surface area contributed by atoms with E-state index in [0.717, 1.165) is 28.2 Å². The molecule has 4 rings (SSSR count). The van der Waals surface area contributed by atoms with Crippen LogP contribution in [0.2, 0.25) is 0 Å². The predicted octanol–water partition coefficient (Wildman–Crippen LogP) is 8.22. The molecule has 38 heavy (non-hydrogen) atoms. The molecule has 2 aromatic carbocycles. The number of benzene rings is 2. The second-order valence-corrected chi connectivity index (χ2v) is 13.7. The van der Waals surface area contributed by atoms with Crippen LogP contribution in [-0.2, 0) is 14.0 Å². The summed E-state index contributed by atoms with van der Waals surface area (Å²) in [4.78, 5) is 0. The lowest BCUT2D eigenvalue weighted by Crippen LogP contribution is -2.20. The third-order valence-electron chi connectivity index (χ3n) is 7.71. The SMILES string of the molecule is CC1=C(C/C=C(\C)C=C=C(/C(C)=C/C2OCCO2)P(=O)(c2ccccc2)c2ccccc2)C(C)(C)CCC1. The van der Waals surface area contributed by atoms with E-state index in [1.165, 1.54) is 24.8 Å². The van der Waals surface area contributed by atoms with Crippen molar-refractivity contribution < 1.29 is 14.0 Å². The smallest absolute Gasteiger partial charge is 0.178 e. The first-order valence-corrected chi connectivity index (χ1v) is 15.4. The van der Waals surface area contributed by atoms with Crippen molar-refractivity contribution in [2.45, 2.75) is 66.6 Å². The van der Waals surface area contributed by atoms with E-state index in [0.29, 0.717) is 18.5 Å². The second-order valence-electron chi connectivity index (χ2n) is 11.0. The van der Waals surface area contributed by atoms with Crippen molar-refractivity contribution in [3.63, 3.8) is 0 Å². The maximum absolute atomic E-state index is 15.2. The number of hydrogen-bond donors (Lipinski definition) is 0. The molecule has 4 heteroatoms. The van der Waals surface area contributed by atoms with Crippen molar-refractivity contribution in [1.82, 2.24) is 0 Å². The summed E-state index contributed by atoms with van der Waals surface area (Å²) in [6, 6.07) is 19.5. The van der Waals surface area contributed by atoms with E-state index in [4.69, 9.17) is 9.47 Å². The largest absolute Gasteiger partial charge is 0.347 e. The summed E-state index contributed by atoms with van der Waals surface area (Å²) in [5.41, 5.74) is 8.79. The van der Waals surface area contributed by atoms with Gasteiger partial charge in [-0.3, -0.25) is 0 Å². The fourth-order valence-corrected chi connectivity index (χ4v) is 8.34. The van der Waals surface area contributed by atoms with Crippen LogP contribution in [-0.4, -0.2) is 19.5 Å². The summed E-state index contributed by atoms with van der Waals surface area (Å²) in [6.45, 7) is 12.2. The normalized spacial score (nSPS) is 18.9. The van der Waals surface area contributed by atoms with Gasteiger partial charge in [-0.2, -0.15) is 0 Å². The van der Waals surface area contributed by atoms with E-state index in [1.807, 2.05) is 79.7 Å². The van der Waals surface area contributed by atoms with E-state index < -0.39 is 13.4 Å². The number of allylic oxidation sites excluding steroid dienone is 6. The Morgan fingerprint density at radius 1 is 1.00 bits per heavy atom. The zero-order chi connectivity index (χ0) is 27.2. The van der Waals surface area contributed by atoms with Crippen molar-refractivity contribution >= 4 is 17.8 Å². The fraction of sp³-hybridized carbons (Fsp3) is 0.382. The molecule has 0 atom stereocenters. The highest BCUT2D eigenvalue weighted by atomic mass is 31.2. The molecule has 0 aromatic heterocycles. The Morgan fingerprint density at radius 2 is 1.58 bits per heavy atom. The molecule has 0 amide bonds. The maximum Gasteiger partial charge on any atom is 0.178 e. The van der Waals surface area contributed by atoms with Gasteiger partial charge in [0.2, 0.25) is 0 Å². The van der Waals surface area contributed by atoms with Gasteiger partial charge in [-0.05, 0) is 75.2 Å². The molecule has 0 N–H and O–H groups in total. The third-order valence-corrected chi connectivity index (χ3v) is 10.9. The molecule has 0 saturated carbocycles. The van der Waals surface area contributed by atoms with Gasteiger partial charge in [0.15, 0.2) is 13.4 Å². The zero-order valence-corrected chi connectivity index (χ0v) is 24.4. The second kappa shape index (κ2) is 12.5. The number of rotatable bonds is 8. The molecule has 1 aliphatic heterocycles. The summed E-state index contributed by atoms with van der Waals surface area (Å²) in [5.74, 6) is 0. The molecule has 1 aliphatic carbocycles. The van der Waals surface area contributed by atoms with Gasteiger partial charge >= 0.3 is 0 Å². The first-order chi connectivity index (χ1) is 18.2. The van der Waals surface area contributed by atoms with Gasteiger partial charge in [-0.1, -0.05) is 91.7 Å². The van der Waals surface area contributed by atoms with Gasteiger partial charge < -0.3 is 14.0 Å². The van der Waals surface area contributed by atoms with Gasteiger partial charge in [-0.15, -0.1) is 5.73 Å². The lowest BCUT2D eigenvalue weighted by molar-refractivity contribution is -0.00199. The summed E-state index contributed by atoms with van der Waals surface area (Å²) in [5, 5.41) is 2.25. The van der Waals surface area contributed by atoms with Crippen molar-refractivity contribution in [3.8, 4) is 0 Å². The molecule has 1 saturated heterocycles. The highest BCUT2D eigenvalue weighted by Crippen LogP contribution is 2.54. The summed E-state index contributed by atoms with van der Waals surface area (Å²) in [6.07, 6.45) is 10.4. The Bertz CT molecular complexity index is 1270. The Balaban J connectivity index is 1.82. The summed E-state index contributed by atoms with van der Waals surface area (Å²) >= 11 is 0. The molecule has 3 nitrogen and oxygen atoms in total. The highest BCUT2D eigenvalue weighted by Gasteiger charge is 2.33. The highest BCUT2D eigenvalue weighted by molar-refractivity contribution is 7.82. The van der Waals surface area contributed by atoms with Crippen LogP contribution >= 0.6 is 7.14 Å². The maximum atomic E-state index is 15.2. The average Bonchev–Trinajstić information content (AvgIpc) is 3.42. The molecule has 200 valence electrons. The first-order valence-electron chi connectivity index (χ1n) is 13.7.